The van der Waals surface area contributed by atoms with Gasteiger partial charge in [-0.05, 0) is 18.2 Å². The van der Waals surface area contributed by atoms with Crippen molar-refractivity contribution in [3.8, 4) is 0 Å². The second-order valence-corrected chi connectivity index (χ2v) is 9.47. The van der Waals surface area contributed by atoms with E-state index in [1.54, 1.807) is 30.1 Å². The molecule has 11 heteroatoms. The molecule has 3 aromatic rings. The van der Waals surface area contributed by atoms with Crippen LogP contribution in [0.3, 0.4) is 0 Å². The minimum Gasteiger partial charge on any atom is -0.337 e. The van der Waals surface area contributed by atoms with E-state index >= 15 is 0 Å². The second kappa shape index (κ2) is 9.78. The van der Waals surface area contributed by atoms with Crippen molar-refractivity contribution >= 4 is 27.0 Å². The van der Waals surface area contributed by atoms with E-state index < -0.39 is 10.0 Å². The molecular formula is C21H30N6O4S. The van der Waals surface area contributed by atoms with E-state index in [2.05, 4.69) is 15.1 Å². The number of benzene rings is 1. The smallest absolute Gasteiger partial charge is 0.246 e. The van der Waals surface area contributed by atoms with Crippen LogP contribution in [-0.4, -0.2) is 63.4 Å². The molecule has 0 aliphatic heterocycles. The van der Waals surface area contributed by atoms with Gasteiger partial charge in [-0.15, -0.1) is 0 Å². The minimum absolute atomic E-state index is 0.0712. The average molecular weight is 463 g/mol. The van der Waals surface area contributed by atoms with Crippen molar-refractivity contribution in [2.45, 2.75) is 51.5 Å². The fourth-order valence-electron chi connectivity index (χ4n) is 3.52. The molecule has 0 N–H and O–H groups in total. The van der Waals surface area contributed by atoms with E-state index in [0.717, 1.165) is 5.52 Å². The van der Waals surface area contributed by atoms with Crippen LogP contribution < -0.4 is 0 Å². The summed E-state index contributed by atoms with van der Waals surface area (Å²) in [6.07, 6.45) is 1.36. The Kier molecular flexibility index (Phi) is 7.29. The fraction of sp³-hybridized carbons (Fsp3) is 0.524. The fourth-order valence-corrected chi connectivity index (χ4v) is 5.00. The number of sulfonamides is 1. The number of hydrogen-bond acceptors (Lipinski definition) is 7. The zero-order chi connectivity index (χ0) is 23.5. The first-order valence-corrected chi connectivity index (χ1v) is 12.2. The molecule has 32 heavy (non-hydrogen) atoms. The lowest BCUT2D eigenvalue weighted by Gasteiger charge is -2.18. The van der Waals surface area contributed by atoms with Gasteiger partial charge in [-0.2, -0.15) is 9.29 Å². The van der Waals surface area contributed by atoms with E-state index in [1.165, 1.54) is 4.31 Å². The van der Waals surface area contributed by atoms with Crippen molar-refractivity contribution in [3.63, 3.8) is 0 Å². The maximum atomic E-state index is 12.8. The van der Waals surface area contributed by atoms with Crippen LogP contribution in [0.1, 0.15) is 44.7 Å². The summed E-state index contributed by atoms with van der Waals surface area (Å²) >= 11 is 0. The first-order valence-electron chi connectivity index (χ1n) is 10.7. The highest BCUT2D eigenvalue weighted by atomic mass is 32.2. The maximum absolute atomic E-state index is 12.8. The molecular weight excluding hydrogens is 432 g/mol. The SMILES string of the molecule is CCc1noc(CN(C)C(=O)CCc2nc3cc(S(=O)(=O)N(CC)CC)ccc3n2C)n1. The predicted molar refractivity (Wildman–Crippen MR) is 119 cm³/mol. The van der Waals surface area contributed by atoms with Crippen LogP contribution in [0.2, 0.25) is 0 Å². The number of carbonyl (C=O) groups is 1. The summed E-state index contributed by atoms with van der Waals surface area (Å²) in [6, 6.07) is 4.97. The molecule has 1 aromatic carbocycles. The van der Waals surface area contributed by atoms with Gasteiger partial charge < -0.3 is 14.0 Å². The van der Waals surface area contributed by atoms with Crippen molar-refractivity contribution in [2.24, 2.45) is 7.05 Å². The van der Waals surface area contributed by atoms with Crippen LogP contribution in [0.5, 0.6) is 0 Å². The third-order valence-electron chi connectivity index (χ3n) is 5.48. The van der Waals surface area contributed by atoms with Gasteiger partial charge >= 0.3 is 0 Å². The molecule has 10 nitrogen and oxygen atoms in total. The maximum Gasteiger partial charge on any atom is 0.246 e. The Morgan fingerprint density at radius 1 is 1.16 bits per heavy atom. The first-order chi connectivity index (χ1) is 15.2. The highest BCUT2D eigenvalue weighted by Crippen LogP contribution is 2.23. The minimum atomic E-state index is -3.56. The lowest BCUT2D eigenvalue weighted by molar-refractivity contribution is -0.130. The Labute approximate surface area is 188 Å². The number of fused-ring (bicyclic) bond motifs is 1. The molecule has 0 fully saturated rings. The molecule has 2 heterocycles. The van der Waals surface area contributed by atoms with Crippen molar-refractivity contribution in [3.05, 3.63) is 35.7 Å². The van der Waals surface area contributed by atoms with Gasteiger partial charge in [0.15, 0.2) is 5.82 Å². The zero-order valence-corrected chi connectivity index (χ0v) is 20.0. The highest BCUT2D eigenvalue weighted by molar-refractivity contribution is 7.89. The van der Waals surface area contributed by atoms with Crippen LogP contribution in [0.15, 0.2) is 27.6 Å². The van der Waals surface area contributed by atoms with Gasteiger partial charge in [0.2, 0.25) is 21.8 Å². The van der Waals surface area contributed by atoms with E-state index in [9.17, 15) is 13.2 Å². The third-order valence-corrected chi connectivity index (χ3v) is 7.52. The molecule has 0 radical (unpaired) electrons. The van der Waals surface area contributed by atoms with Crippen LogP contribution in [-0.2, 0) is 41.3 Å². The summed E-state index contributed by atoms with van der Waals surface area (Å²) in [7, 11) is -0.00477. The van der Waals surface area contributed by atoms with Gasteiger partial charge in [0.1, 0.15) is 5.82 Å². The van der Waals surface area contributed by atoms with Crippen molar-refractivity contribution < 1.29 is 17.7 Å². The van der Waals surface area contributed by atoms with Gasteiger partial charge in [-0.3, -0.25) is 4.79 Å². The largest absolute Gasteiger partial charge is 0.337 e. The van der Waals surface area contributed by atoms with E-state index in [0.29, 0.717) is 49.0 Å². The molecule has 2 aromatic heterocycles. The van der Waals surface area contributed by atoms with Gasteiger partial charge in [0, 0.05) is 46.4 Å². The summed E-state index contributed by atoms with van der Waals surface area (Å²) < 4.78 is 34.1. The van der Waals surface area contributed by atoms with E-state index in [1.807, 2.05) is 32.4 Å². The summed E-state index contributed by atoms with van der Waals surface area (Å²) in [5, 5.41) is 3.84. The molecule has 0 bridgehead atoms. The molecule has 1 amide bonds. The molecule has 0 saturated carbocycles. The van der Waals surface area contributed by atoms with E-state index in [4.69, 9.17) is 4.52 Å². The van der Waals surface area contributed by atoms with Crippen molar-refractivity contribution in [2.75, 3.05) is 20.1 Å². The first kappa shape index (κ1) is 23.9. The number of carbonyl (C=O) groups excluding carboxylic acids is 1. The third kappa shape index (κ3) is 4.83. The van der Waals surface area contributed by atoms with Gasteiger partial charge in [-0.1, -0.05) is 25.9 Å². The number of amides is 1. The number of aryl methyl sites for hydroxylation is 3. The normalized spacial score (nSPS) is 12.1. The summed E-state index contributed by atoms with van der Waals surface area (Å²) in [5.74, 6) is 1.66. The van der Waals surface area contributed by atoms with Gasteiger partial charge in [0.05, 0.1) is 22.5 Å². The van der Waals surface area contributed by atoms with E-state index in [-0.39, 0.29) is 23.8 Å². The lowest BCUT2D eigenvalue weighted by atomic mass is 10.2. The monoisotopic (exact) mass is 462 g/mol. The molecule has 0 saturated heterocycles. The summed E-state index contributed by atoms with van der Waals surface area (Å²) in [4.78, 5) is 23.2. The van der Waals surface area contributed by atoms with Crippen LogP contribution >= 0.6 is 0 Å². The summed E-state index contributed by atoms with van der Waals surface area (Å²) in [5.41, 5.74) is 1.41. The predicted octanol–water partition coefficient (Wildman–Crippen LogP) is 2.14. The van der Waals surface area contributed by atoms with Crippen LogP contribution in [0.25, 0.3) is 11.0 Å². The topological polar surface area (TPSA) is 114 Å². The Hall–Kier alpha value is -2.79. The molecule has 0 unspecified atom stereocenters. The second-order valence-electron chi connectivity index (χ2n) is 7.53. The Bertz CT molecular complexity index is 1200. The summed E-state index contributed by atoms with van der Waals surface area (Å²) in [6.45, 7) is 6.62. The molecule has 0 aliphatic rings. The number of aromatic nitrogens is 4. The van der Waals surface area contributed by atoms with Crippen molar-refractivity contribution in [1.82, 2.24) is 28.9 Å². The Morgan fingerprint density at radius 3 is 2.50 bits per heavy atom. The Balaban J connectivity index is 1.72. The number of nitrogens with zero attached hydrogens (tertiary/aromatic N) is 6. The van der Waals surface area contributed by atoms with Crippen LogP contribution in [0, 0.1) is 0 Å². The lowest BCUT2D eigenvalue weighted by Crippen LogP contribution is -2.30. The standard InChI is InChI=1S/C21H30N6O4S/c1-6-18-23-20(31-24-18)14-25(4)21(28)12-11-19-22-16-13-15(9-10-17(16)26(19)5)32(29,30)27(7-2)8-3/h9-10,13H,6-8,11-12,14H2,1-5H3. The average Bonchev–Trinajstić information content (AvgIpc) is 3.36. The molecule has 0 aliphatic carbocycles. The van der Waals surface area contributed by atoms with Gasteiger partial charge in [0.25, 0.3) is 0 Å². The zero-order valence-electron chi connectivity index (χ0n) is 19.2. The number of imidazole rings is 1. The molecule has 0 atom stereocenters. The number of hydrogen-bond donors (Lipinski definition) is 0. The highest BCUT2D eigenvalue weighted by Gasteiger charge is 2.23. The molecule has 174 valence electrons. The van der Waals surface area contributed by atoms with Crippen molar-refractivity contribution in [1.29, 1.82) is 0 Å². The molecule has 3 rings (SSSR count). The molecule has 0 spiro atoms. The van der Waals surface area contributed by atoms with Crippen LogP contribution in [0.4, 0.5) is 0 Å². The van der Waals surface area contributed by atoms with Gasteiger partial charge in [-0.25, -0.2) is 13.4 Å². The Morgan fingerprint density at radius 2 is 1.88 bits per heavy atom. The quantitative estimate of drug-likeness (QED) is 0.453. The number of rotatable bonds is 10.